The third kappa shape index (κ3) is 2.89. The minimum Gasteiger partial charge on any atom is -0.331 e. The summed E-state index contributed by atoms with van der Waals surface area (Å²) in [4.78, 5) is 12.4. The van der Waals surface area contributed by atoms with E-state index < -0.39 is 17.7 Å². The van der Waals surface area contributed by atoms with Crippen LogP contribution in [0.4, 0.5) is 19.3 Å². The topological polar surface area (TPSA) is 32.3 Å². The van der Waals surface area contributed by atoms with Crippen LogP contribution in [0.1, 0.15) is 0 Å². The Bertz CT molecular complexity index is 396. The zero-order chi connectivity index (χ0) is 11.6. The summed E-state index contributed by atoms with van der Waals surface area (Å²) in [5, 5.41) is 2.23. The number of urea groups is 1. The van der Waals surface area contributed by atoms with Gasteiger partial charge in [-0.15, -0.1) is 0 Å². The first-order valence-corrected chi connectivity index (χ1v) is 4.84. The van der Waals surface area contributed by atoms with E-state index in [1.807, 2.05) is 0 Å². The third-order valence-corrected chi connectivity index (χ3v) is 2.27. The van der Waals surface area contributed by atoms with Crippen molar-refractivity contribution in [2.24, 2.45) is 0 Å². The van der Waals surface area contributed by atoms with Gasteiger partial charge in [-0.25, -0.2) is 13.6 Å². The molecule has 15 heavy (non-hydrogen) atoms. The van der Waals surface area contributed by atoms with Crippen molar-refractivity contribution < 1.29 is 13.6 Å². The molecule has 0 aliphatic carbocycles. The summed E-state index contributed by atoms with van der Waals surface area (Å²) in [5.74, 6) is -1.33. The number of amides is 2. The van der Waals surface area contributed by atoms with Crippen molar-refractivity contribution >= 4 is 27.6 Å². The number of hydrogen-bond donors (Lipinski definition) is 1. The minimum absolute atomic E-state index is 0.0165. The smallest absolute Gasteiger partial charge is 0.321 e. The van der Waals surface area contributed by atoms with E-state index in [2.05, 4.69) is 21.2 Å². The molecule has 1 aromatic carbocycles. The Morgan fingerprint density at radius 1 is 1.33 bits per heavy atom. The van der Waals surface area contributed by atoms with Crippen molar-refractivity contribution in [2.75, 3.05) is 19.4 Å². The maximum Gasteiger partial charge on any atom is 0.321 e. The van der Waals surface area contributed by atoms with Crippen LogP contribution in [0, 0.1) is 11.6 Å². The molecule has 1 N–H and O–H groups in total. The minimum atomic E-state index is -0.696. The molecule has 1 rings (SSSR count). The van der Waals surface area contributed by atoms with Crippen molar-refractivity contribution in [1.29, 1.82) is 0 Å². The largest absolute Gasteiger partial charge is 0.331 e. The number of halogens is 3. The van der Waals surface area contributed by atoms with Gasteiger partial charge in [0, 0.05) is 20.2 Å². The number of carbonyl (C=O) groups excluding carboxylic acids is 1. The van der Waals surface area contributed by atoms with Gasteiger partial charge in [0.15, 0.2) is 0 Å². The van der Waals surface area contributed by atoms with Crippen molar-refractivity contribution in [2.45, 2.75) is 0 Å². The van der Waals surface area contributed by atoms with Gasteiger partial charge in [0.25, 0.3) is 0 Å². The van der Waals surface area contributed by atoms with Gasteiger partial charge in [0.2, 0.25) is 0 Å². The van der Waals surface area contributed by atoms with Gasteiger partial charge in [0.1, 0.15) is 11.6 Å². The second kappa shape index (κ2) is 4.57. The van der Waals surface area contributed by atoms with Gasteiger partial charge >= 0.3 is 6.03 Å². The van der Waals surface area contributed by atoms with Gasteiger partial charge in [-0.3, -0.25) is 0 Å². The SMILES string of the molecule is CN(C)C(=O)Nc1cc(F)c(Br)cc1F. The number of benzene rings is 1. The molecule has 3 nitrogen and oxygen atoms in total. The normalized spacial score (nSPS) is 9.93. The molecule has 0 aromatic heterocycles. The molecule has 0 saturated carbocycles. The van der Waals surface area contributed by atoms with E-state index in [1.54, 1.807) is 0 Å². The van der Waals surface area contributed by atoms with E-state index in [0.29, 0.717) is 0 Å². The molecule has 0 spiro atoms. The monoisotopic (exact) mass is 278 g/mol. The summed E-state index contributed by atoms with van der Waals surface area (Å²) in [6.07, 6.45) is 0. The first-order valence-electron chi connectivity index (χ1n) is 4.04. The molecule has 0 heterocycles. The first-order chi connectivity index (χ1) is 6.91. The molecule has 1 aromatic rings. The lowest BCUT2D eigenvalue weighted by Gasteiger charge is -2.12. The van der Waals surface area contributed by atoms with Crippen LogP contribution >= 0.6 is 15.9 Å². The molecular weight excluding hydrogens is 270 g/mol. The Morgan fingerprint density at radius 2 is 1.93 bits per heavy atom. The molecule has 0 aliphatic heterocycles. The van der Waals surface area contributed by atoms with Crippen LogP contribution in [-0.2, 0) is 0 Å². The Kier molecular flexibility index (Phi) is 3.62. The lowest BCUT2D eigenvalue weighted by molar-refractivity contribution is 0.230. The van der Waals surface area contributed by atoms with E-state index in [1.165, 1.54) is 19.0 Å². The van der Waals surface area contributed by atoms with Gasteiger partial charge in [-0.1, -0.05) is 0 Å². The predicted octanol–water partition coefficient (Wildman–Crippen LogP) is 2.82. The van der Waals surface area contributed by atoms with E-state index in [9.17, 15) is 13.6 Å². The summed E-state index contributed by atoms with van der Waals surface area (Å²) < 4.78 is 26.3. The van der Waals surface area contributed by atoms with Gasteiger partial charge < -0.3 is 10.2 Å². The lowest BCUT2D eigenvalue weighted by Crippen LogP contribution is -2.27. The highest BCUT2D eigenvalue weighted by Gasteiger charge is 2.11. The maximum atomic E-state index is 13.2. The van der Waals surface area contributed by atoms with Crippen LogP contribution in [0.3, 0.4) is 0 Å². The van der Waals surface area contributed by atoms with E-state index >= 15 is 0 Å². The number of hydrogen-bond acceptors (Lipinski definition) is 1. The Morgan fingerprint density at radius 3 is 2.47 bits per heavy atom. The number of nitrogens with zero attached hydrogens (tertiary/aromatic N) is 1. The Balaban J connectivity index is 2.96. The van der Waals surface area contributed by atoms with Gasteiger partial charge in [0.05, 0.1) is 10.2 Å². The van der Waals surface area contributed by atoms with Gasteiger partial charge in [-0.2, -0.15) is 0 Å². The summed E-state index contributed by atoms with van der Waals surface area (Å²) in [5.41, 5.74) is -0.186. The summed E-state index contributed by atoms with van der Waals surface area (Å²) >= 11 is 2.84. The second-order valence-electron chi connectivity index (χ2n) is 3.07. The maximum absolute atomic E-state index is 13.2. The summed E-state index contributed by atoms with van der Waals surface area (Å²) in [6, 6.07) is 1.36. The molecule has 0 aliphatic rings. The van der Waals surface area contributed by atoms with E-state index in [0.717, 1.165) is 12.1 Å². The van der Waals surface area contributed by atoms with Gasteiger partial charge in [-0.05, 0) is 22.0 Å². The van der Waals surface area contributed by atoms with E-state index in [-0.39, 0.29) is 10.2 Å². The number of rotatable bonds is 1. The molecule has 0 unspecified atom stereocenters. The molecule has 82 valence electrons. The highest BCUT2D eigenvalue weighted by atomic mass is 79.9. The number of anilines is 1. The zero-order valence-electron chi connectivity index (χ0n) is 8.14. The molecule has 0 atom stereocenters. The summed E-state index contributed by atoms with van der Waals surface area (Å²) in [7, 11) is 3.00. The zero-order valence-corrected chi connectivity index (χ0v) is 9.73. The molecule has 6 heteroatoms. The van der Waals surface area contributed by atoms with Crippen molar-refractivity contribution in [3.8, 4) is 0 Å². The van der Waals surface area contributed by atoms with Crippen LogP contribution in [0.2, 0.25) is 0 Å². The highest BCUT2D eigenvalue weighted by molar-refractivity contribution is 9.10. The van der Waals surface area contributed by atoms with Crippen LogP contribution in [-0.4, -0.2) is 25.0 Å². The fraction of sp³-hybridized carbons (Fsp3) is 0.222. The fourth-order valence-electron chi connectivity index (χ4n) is 0.845. The average Bonchev–Trinajstić information content (AvgIpc) is 2.13. The highest BCUT2D eigenvalue weighted by Crippen LogP contribution is 2.23. The quantitative estimate of drug-likeness (QED) is 0.788. The Labute approximate surface area is 94.2 Å². The standard InChI is InChI=1S/C9H9BrF2N2O/c1-14(2)9(15)13-8-4-6(11)5(10)3-7(8)12/h3-4H,1-2H3,(H,13,15). The molecule has 0 saturated heterocycles. The molecule has 0 bridgehead atoms. The summed E-state index contributed by atoms with van der Waals surface area (Å²) in [6.45, 7) is 0. The molecular formula is C9H9BrF2N2O. The van der Waals surface area contributed by atoms with E-state index in [4.69, 9.17) is 0 Å². The molecule has 2 amide bonds. The third-order valence-electron chi connectivity index (χ3n) is 1.66. The average molecular weight is 279 g/mol. The lowest BCUT2D eigenvalue weighted by atomic mass is 10.3. The second-order valence-corrected chi connectivity index (χ2v) is 3.93. The molecule has 0 radical (unpaired) electrons. The number of carbonyl (C=O) groups is 1. The Hall–Kier alpha value is -1.17. The van der Waals surface area contributed by atoms with Crippen molar-refractivity contribution in [3.05, 3.63) is 28.2 Å². The predicted molar refractivity (Wildman–Crippen MR) is 56.8 cm³/mol. The molecule has 0 fully saturated rings. The van der Waals surface area contributed by atoms with Crippen molar-refractivity contribution in [1.82, 2.24) is 4.90 Å². The first kappa shape index (κ1) is 11.9. The van der Waals surface area contributed by atoms with Crippen molar-refractivity contribution in [3.63, 3.8) is 0 Å². The number of nitrogens with one attached hydrogen (secondary N) is 1. The van der Waals surface area contributed by atoms with Crippen LogP contribution in [0.15, 0.2) is 16.6 Å². The van der Waals surface area contributed by atoms with Crippen LogP contribution in [0.25, 0.3) is 0 Å². The fourth-order valence-corrected chi connectivity index (χ4v) is 1.16. The van der Waals surface area contributed by atoms with Crippen LogP contribution < -0.4 is 5.32 Å². The van der Waals surface area contributed by atoms with Crippen LogP contribution in [0.5, 0.6) is 0 Å².